The third kappa shape index (κ3) is 3.82. The average Bonchev–Trinajstić information content (AvgIpc) is 3.02. The van der Waals surface area contributed by atoms with Crippen molar-refractivity contribution in [1.82, 2.24) is 10.2 Å². The lowest BCUT2D eigenvalue weighted by molar-refractivity contribution is 0.0993. The molecule has 0 saturated heterocycles. The van der Waals surface area contributed by atoms with Crippen LogP contribution in [0.5, 0.6) is 0 Å². The first kappa shape index (κ1) is 16.7. The molecule has 3 aromatic rings. The smallest absolute Gasteiger partial charge is 0.344 e. The zero-order chi connectivity index (χ0) is 16.9. The molecule has 0 fully saturated rings. The summed E-state index contributed by atoms with van der Waals surface area (Å²) in [7, 11) is 0. The van der Waals surface area contributed by atoms with E-state index in [1.165, 1.54) is 11.3 Å². The fourth-order valence-corrected chi connectivity index (χ4v) is 3.93. The van der Waals surface area contributed by atoms with Crippen LogP contribution in [-0.2, 0) is 0 Å². The summed E-state index contributed by atoms with van der Waals surface area (Å²) in [4.78, 5) is 24.2. The van der Waals surface area contributed by atoms with Crippen LogP contribution in [0.15, 0.2) is 43.9 Å². The van der Waals surface area contributed by atoms with Gasteiger partial charge in [-0.1, -0.05) is 54.6 Å². The molecule has 0 bridgehead atoms. The fraction of sp³-hybridized carbons (Fsp3) is 0.250. The third-order valence-electron chi connectivity index (χ3n) is 3.24. The highest BCUT2D eigenvalue weighted by molar-refractivity contribution is 8.01. The second-order valence-electron chi connectivity index (χ2n) is 5.01. The predicted octanol–water partition coefficient (Wildman–Crippen LogP) is 3.79. The lowest BCUT2D eigenvalue weighted by atomic mass is 10.1. The maximum Gasteiger partial charge on any atom is 0.344 e. The van der Waals surface area contributed by atoms with Crippen LogP contribution in [-0.4, -0.2) is 21.9 Å². The summed E-state index contributed by atoms with van der Waals surface area (Å²) in [5.41, 5.74) is -0.536. The van der Waals surface area contributed by atoms with Gasteiger partial charge in [-0.05, 0) is 23.9 Å². The normalized spacial score (nSPS) is 10.9. The van der Waals surface area contributed by atoms with Crippen molar-refractivity contribution < 1.29 is 9.21 Å². The highest BCUT2D eigenvalue weighted by Gasteiger charge is 2.14. The van der Waals surface area contributed by atoms with Gasteiger partial charge in [0.1, 0.15) is 0 Å². The number of carbonyl (C=O) groups excluding carboxylic acids is 1. The molecule has 8 heteroatoms. The van der Waals surface area contributed by atoms with E-state index < -0.39 is 11.5 Å². The van der Waals surface area contributed by atoms with Crippen molar-refractivity contribution in [3.63, 3.8) is 0 Å². The Balaban J connectivity index is 1.74. The van der Waals surface area contributed by atoms with Gasteiger partial charge in [-0.15, -0.1) is 10.2 Å². The largest absolute Gasteiger partial charge is 0.417 e. The van der Waals surface area contributed by atoms with Gasteiger partial charge in [-0.25, -0.2) is 4.79 Å². The van der Waals surface area contributed by atoms with Crippen LogP contribution >= 0.6 is 23.1 Å². The summed E-state index contributed by atoms with van der Waals surface area (Å²) in [6, 6.07) is 8.51. The second-order valence-corrected chi connectivity index (χ2v) is 7.33. The molecule has 0 unspecified atom stereocenters. The molecule has 2 heterocycles. The maximum atomic E-state index is 12.3. The first-order valence-electron chi connectivity index (χ1n) is 7.48. The van der Waals surface area contributed by atoms with Crippen LogP contribution in [0.25, 0.3) is 10.8 Å². The lowest BCUT2D eigenvalue weighted by Gasteiger charge is -2.01. The topological polar surface area (TPSA) is 85.1 Å². The number of fused-ring (bicyclic) bond motifs is 1. The van der Waals surface area contributed by atoms with Gasteiger partial charge in [0.2, 0.25) is 5.13 Å². The average molecular weight is 361 g/mol. The number of hydrogen-bond donors (Lipinski definition) is 1. The van der Waals surface area contributed by atoms with Crippen LogP contribution in [0.4, 0.5) is 5.13 Å². The van der Waals surface area contributed by atoms with Crippen molar-refractivity contribution in [1.29, 1.82) is 0 Å². The Morgan fingerprint density at radius 1 is 1.33 bits per heavy atom. The number of unbranched alkanes of at least 4 members (excludes halogenated alkanes) is 1. The second kappa shape index (κ2) is 7.59. The molecule has 0 aliphatic heterocycles. The Morgan fingerprint density at radius 3 is 3.00 bits per heavy atom. The van der Waals surface area contributed by atoms with Crippen LogP contribution < -0.4 is 10.9 Å². The van der Waals surface area contributed by atoms with E-state index in [1.807, 2.05) is 0 Å². The molecule has 0 spiro atoms. The number of nitrogens with zero attached hydrogens (tertiary/aromatic N) is 2. The maximum absolute atomic E-state index is 12.3. The van der Waals surface area contributed by atoms with Crippen molar-refractivity contribution in [2.24, 2.45) is 0 Å². The Bertz CT molecular complexity index is 920. The van der Waals surface area contributed by atoms with E-state index in [0.29, 0.717) is 15.9 Å². The van der Waals surface area contributed by atoms with E-state index >= 15 is 0 Å². The summed E-state index contributed by atoms with van der Waals surface area (Å²) >= 11 is 2.92. The molecule has 2 aromatic heterocycles. The van der Waals surface area contributed by atoms with Crippen LogP contribution in [0.3, 0.4) is 0 Å². The zero-order valence-electron chi connectivity index (χ0n) is 12.9. The van der Waals surface area contributed by atoms with Crippen molar-refractivity contribution in [3.05, 3.63) is 46.5 Å². The van der Waals surface area contributed by atoms with Gasteiger partial charge >= 0.3 is 5.63 Å². The minimum atomic E-state index is -0.536. The van der Waals surface area contributed by atoms with E-state index in [2.05, 4.69) is 22.4 Å². The number of benzene rings is 1. The first-order valence-corrected chi connectivity index (χ1v) is 9.28. The number of nitrogens with one attached hydrogen (secondary N) is 1. The van der Waals surface area contributed by atoms with Crippen molar-refractivity contribution in [3.8, 4) is 0 Å². The van der Waals surface area contributed by atoms with E-state index in [0.717, 1.165) is 22.9 Å². The Hall–Kier alpha value is -2.19. The first-order chi connectivity index (χ1) is 11.7. The number of rotatable bonds is 6. The standard InChI is InChI=1S/C16H15N3O3S2/c1-2-3-8-23-16-19-18-15(24-16)17-13(20)12-9-10-6-4-5-7-11(10)14(21)22-12/h4-7,9H,2-3,8H2,1H3,(H,17,18,20). The monoisotopic (exact) mass is 361 g/mol. The fourth-order valence-electron chi connectivity index (χ4n) is 2.03. The SMILES string of the molecule is CCCCSc1nnc(NC(=O)c2cc3ccccc3c(=O)o2)s1. The molecule has 0 saturated carbocycles. The number of anilines is 1. The van der Waals surface area contributed by atoms with Gasteiger partial charge in [0, 0.05) is 5.75 Å². The van der Waals surface area contributed by atoms with Crippen LogP contribution in [0, 0.1) is 0 Å². The lowest BCUT2D eigenvalue weighted by Crippen LogP contribution is -2.14. The van der Waals surface area contributed by atoms with Crippen molar-refractivity contribution in [2.45, 2.75) is 24.1 Å². The van der Waals surface area contributed by atoms with E-state index in [9.17, 15) is 9.59 Å². The molecule has 0 aliphatic rings. The van der Waals surface area contributed by atoms with Gasteiger partial charge in [0.25, 0.3) is 5.91 Å². The molecule has 124 valence electrons. The van der Waals surface area contributed by atoms with Crippen LogP contribution in [0.2, 0.25) is 0 Å². The Labute approximate surface area is 146 Å². The van der Waals surface area contributed by atoms with Crippen molar-refractivity contribution in [2.75, 3.05) is 11.1 Å². The van der Waals surface area contributed by atoms with E-state index in [1.54, 1.807) is 42.1 Å². The van der Waals surface area contributed by atoms with E-state index in [4.69, 9.17) is 4.42 Å². The number of amides is 1. The van der Waals surface area contributed by atoms with Crippen LogP contribution in [0.1, 0.15) is 30.3 Å². The van der Waals surface area contributed by atoms with Crippen molar-refractivity contribution >= 4 is 44.9 Å². The number of carbonyl (C=O) groups is 1. The van der Waals surface area contributed by atoms with Gasteiger partial charge < -0.3 is 4.42 Å². The highest BCUT2D eigenvalue weighted by Crippen LogP contribution is 2.26. The molecule has 1 amide bonds. The van der Waals surface area contributed by atoms with Gasteiger partial charge in [-0.2, -0.15) is 0 Å². The Morgan fingerprint density at radius 2 is 2.17 bits per heavy atom. The molecular weight excluding hydrogens is 346 g/mol. The molecule has 0 atom stereocenters. The molecule has 1 N–H and O–H groups in total. The Kier molecular flexibility index (Phi) is 5.27. The molecule has 1 aromatic carbocycles. The zero-order valence-corrected chi connectivity index (χ0v) is 14.6. The molecular formula is C16H15N3O3S2. The van der Waals surface area contributed by atoms with Gasteiger partial charge in [-0.3, -0.25) is 10.1 Å². The van der Waals surface area contributed by atoms with Gasteiger partial charge in [0.15, 0.2) is 10.1 Å². The summed E-state index contributed by atoms with van der Waals surface area (Å²) in [5, 5.41) is 12.1. The molecule has 24 heavy (non-hydrogen) atoms. The molecule has 6 nitrogen and oxygen atoms in total. The predicted molar refractivity (Wildman–Crippen MR) is 96.0 cm³/mol. The van der Waals surface area contributed by atoms with Gasteiger partial charge in [0.05, 0.1) is 5.39 Å². The molecule has 3 rings (SSSR count). The quantitative estimate of drug-likeness (QED) is 0.408. The highest BCUT2D eigenvalue weighted by atomic mass is 32.2. The summed E-state index contributed by atoms with van der Waals surface area (Å²) in [5.74, 6) is 0.409. The third-order valence-corrected chi connectivity index (χ3v) is 5.30. The summed E-state index contributed by atoms with van der Waals surface area (Å²) < 4.78 is 5.90. The minimum Gasteiger partial charge on any atom is -0.417 e. The summed E-state index contributed by atoms with van der Waals surface area (Å²) in [6.07, 6.45) is 2.23. The number of hydrogen-bond acceptors (Lipinski definition) is 7. The number of aromatic nitrogens is 2. The number of thioether (sulfide) groups is 1. The molecule has 0 aliphatic carbocycles. The van der Waals surface area contributed by atoms with E-state index in [-0.39, 0.29) is 5.76 Å². The summed E-state index contributed by atoms with van der Waals surface area (Å²) in [6.45, 7) is 2.13. The molecule has 0 radical (unpaired) electrons. The minimum absolute atomic E-state index is 0.0471.